The molecule has 1 heterocycles. The molecular weight excluding hydrogens is 204 g/mol. The number of pyridine rings is 1. The van der Waals surface area contributed by atoms with Gasteiger partial charge in [-0.3, -0.25) is 0 Å². The molecule has 4 heteroatoms. The number of hydrogen-bond acceptors (Lipinski definition) is 1. The van der Waals surface area contributed by atoms with E-state index in [4.69, 9.17) is 34.8 Å². The highest BCUT2D eigenvalue weighted by Crippen LogP contribution is 2.19. The van der Waals surface area contributed by atoms with Crippen molar-refractivity contribution in [1.29, 1.82) is 0 Å². The molecule has 0 spiro atoms. The second kappa shape index (κ2) is 4.15. The predicted molar refractivity (Wildman–Crippen MR) is 48.7 cm³/mol. The lowest BCUT2D eigenvalue weighted by molar-refractivity contribution is 1.11. The maximum Gasteiger partial charge on any atom is 0.147 e. The van der Waals surface area contributed by atoms with Crippen molar-refractivity contribution in [3.05, 3.63) is 28.0 Å². The third-order valence-electron chi connectivity index (χ3n) is 1.24. The van der Waals surface area contributed by atoms with Crippen LogP contribution in [-0.4, -0.2) is 10.9 Å². The Balaban J connectivity index is 2.86. The second-order valence-corrected chi connectivity index (χ2v) is 3.20. The van der Waals surface area contributed by atoms with E-state index in [1.165, 1.54) is 0 Å². The summed E-state index contributed by atoms with van der Waals surface area (Å²) in [4.78, 5) is 3.87. The standard InChI is InChI=1S/C7H6Cl3N/c8-2-1-5-3-6(9)7(10)11-4-5/h3-4H,1-2H2. The van der Waals surface area contributed by atoms with Gasteiger partial charge < -0.3 is 0 Å². The molecule has 60 valence electrons. The van der Waals surface area contributed by atoms with Crippen LogP contribution in [0.25, 0.3) is 0 Å². The normalized spacial score (nSPS) is 10.1. The van der Waals surface area contributed by atoms with Gasteiger partial charge in [0.2, 0.25) is 0 Å². The van der Waals surface area contributed by atoms with Crippen molar-refractivity contribution in [2.45, 2.75) is 6.42 Å². The third-order valence-corrected chi connectivity index (χ3v) is 2.11. The summed E-state index contributed by atoms with van der Waals surface area (Å²) >= 11 is 16.8. The minimum atomic E-state index is 0.338. The molecule has 0 fully saturated rings. The van der Waals surface area contributed by atoms with Crippen molar-refractivity contribution in [1.82, 2.24) is 4.98 Å². The maximum absolute atomic E-state index is 5.71. The van der Waals surface area contributed by atoms with Crippen LogP contribution < -0.4 is 0 Å². The average molecular weight is 210 g/mol. The quantitative estimate of drug-likeness (QED) is 0.540. The SMILES string of the molecule is ClCCc1cnc(Cl)c(Cl)c1. The fraction of sp³-hybridized carbons (Fsp3) is 0.286. The highest BCUT2D eigenvalue weighted by Gasteiger charge is 1.99. The first-order chi connectivity index (χ1) is 5.24. The summed E-state index contributed by atoms with van der Waals surface area (Å²) < 4.78 is 0. The molecule has 0 saturated heterocycles. The van der Waals surface area contributed by atoms with Gasteiger partial charge in [-0.1, -0.05) is 23.2 Å². The van der Waals surface area contributed by atoms with E-state index in [2.05, 4.69) is 4.98 Å². The molecule has 1 nitrogen and oxygen atoms in total. The summed E-state index contributed by atoms with van der Waals surface area (Å²) in [6.07, 6.45) is 2.45. The average Bonchev–Trinajstić information content (AvgIpc) is 1.98. The molecule has 0 bridgehead atoms. The zero-order valence-electron chi connectivity index (χ0n) is 5.65. The highest BCUT2D eigenvalue weighted by atomic mass is 35.5. The molecule has 11 heavy (non-hydrogen) atoms. The predicted octanol–water partition coefficient (Wildman–Crippen LogP) is 3.17. The van der Waals surface area contributed by atoms with Gasteiger partial charge in [0.25, 0.3) is 0 Å². The molecular formula is C7H6Cl3N. The van der Waals surface area contributed by atoms with Gasteiger partial charge in [0.15, 0.2) is 0 Å². The van der Waals surface area contributed by atoms with Crippen molar-refractivity contribution < 1.29 is 0 Å². The second-order valence-electron chi connectivity index (χ2n) is 2.06. The van der Waals surface area contributed by atoms with Crippen LogP contribution in [-0.2, 0) is 6.42 Å². The molecule has 1 aromatic rings. The molecule has 0 N–H and O–H groups in total. The molecule has 1 rings (SSSR count). The van der Waals surface area contributed by atoms with Gasteiger partial charge in [0.1, 0.15) is 5.15 Å². The maximum atomic E-state index is 5.71. The molecule has 0 unspecified atom stereocenters. The fourth-order valence-corrected chi connectivity index (χ4v) is 1.22. The lowest BCUT2D eigenvalue weighted by atomic mass is 10.2. The van der Waals surface area contributed by atoms with Gasteiger partial charge in [-0.05, 0) is 18.1 Å². The first-order valence-electron chi connectivity index (χ1n) is 3.10. The lowest BCUT2D eigenvalue weighted by Gasteiger charge is -1.98. The van der Waals surface area contributed by atoms with Crippen LogP contribution in [0.5, 0.6) is 0 Å². The molecule has 0 radical (unpaired) electrons. The summed E-state index contributed by atoms with van der Waals surface area (Å²) in [5, 5.41) is 0.819. The summed E-state index contributed by atoms with van der Waals surface area (Å²) in [6.45, 7) is 0. The summed E-state index contributed by atoms with van der Waals surface area (Å²) in [5.41, 5.74) is 1.01. The Morgan fingerprint density at radius 2 is 2.09 bits per heavy atom. The van der Waals surface area contributed by atoms with Gasteiger partial charge in [-0.2, -0.15) is 0 Å². The van der Waals surface area contributed by atoms with E-state index in [1.54, 1.807) is 12.3 Å². The number of hydrogen-bond donors (Lipinski definition) is 0. The molecule has 0 atom stereocenters. The van der Waals surface area contributed by atoms with Crippen LogP contribution >= 0.6 is 34.8 Å². The lowest BCUT2D eigenvalue weighted by Crippen LogP contribution is -1.87. The van der Waals surface area contributed by atoms with Gasteiger partial charge in [0, 0.05) is 12.1 Å². The third kappa shape index (κ3) is 2.51. The van der Waals surface area contributed by atoms with E-state index in [-0.39, 0.29) is 0 Å². The van der Waals surface area contributed by atoms with Gasteiger partial charge in [-0.15, -0.1) is 11.6 Å². The first-order valence-corrected chi connectivity index (χ1v) is 4.39. The van der Waals surface area contributed by atoms with Gasteiger partial charge in [-0.25, -0.2) is 4.98 Å². The number of aromatic nitrogens is 1. The van der Waals surface area contributed by atoms with E-state index in [1.807, 2.05) is 0 Å². The monoisotopic (exact) mass is 209 g/mol. The molecule has 1 aromatic heterocycles. The van der Waals surface area contributed by atoms with Crippen LogP contribution in [0.3, 0.4) is 0 Å². The minimum absolute atomic E-state index is 0.338. The largest absolute Gasteiger partial charge is 0.243 e. The zero-order chi connectivity index (χ0) is 8.27. The van der Waals surface area contributed by atoms with E-state index >= 15 is 0 Å². The smallest absolute Gasteiger partial charge is 0.147 e. The Morgan fingerprint density at radius 1 is 1.36 bits per heavy atom. The Kier molecular flexibility index (Phi) is 3.44. The number of nitrogens with zero attached hydrogens (tertiary/aromatic N) is 1. The van der Waals surface area contributed by atoms with Crippen molar-refractivity contribution >= 4 is 34.8 Å². The van der Waals surface area contributed by atoms with Gasteiger partial charge in [0.05, 0.1) is 5.02 Å². The van der Waals surface area contributed by atoms with Crippen LogP contribution in [0.4, 0.5) is 0 Å². The van der Waals surface area contributed by atoms with Crippen molar-refractivity contribution in [3.63, 3.8) is 0 Å². The van der Waals surface area contributed by atoms with Crippen LogP contribution in [0.1, 0.15) is 5.56 Å². The Hall–Kier alpha value is 0.0200. The van der Waals surface area contributed by atoms with Crippen LogP contribution in [0, 0.1) is 0 Å². The fourth-order valence-electron chi connectivity index (χ4n) is 0.707. The number of rotatable bonds is 2. The zero-order valence-corrected chi connectivity index (χ0v) is 7.92. The summed E-state index contributed by atoms with van der Waals surface area (Å²) in [5.74, 6) is 0.569. The summed E-state index contributed by atoms with van der Waals surface area (Å²) in [7, 11) is 0. The topological polar surface area (TPSA) is 12.9 Å². The first kappa shape index (κ1) is 9.11. The minimum Gasteiger partial charge on any atom is -0.243 e. The van der Waals surface area contributed by atoms with Crippen LogP contribution in [0.15, 0.2) is 12.3 Å². The Labute approximate surface area is 80.3 Å². The van der Waals surface area contributed by atoms with Crippen molar-refractivity contribution in [3.8, 4) is 0 Å². The number of halogens is 3. The van der Waals surface area contributed by atoms with E-state index in [9.17, 15) is 0 Å². The molecule has 0 aliphatic rings. The molecule has 0 amide bonds. The highest BCUT2D eigenvalue weighted by molar-refractivity contribution is 6.41. The van der Waals surface area contributed by atoms with Crippen LogP contribution in [0.2, 0.25) is 10.2 Å². The van der Waals surface area contributed by atoms with Crippen molar-refractivity contribution in [2.24, 2.45) is 0 Å². The van der Waals surface area contributed by atoms with Crippen molar-refractivity contribution in [2.75, 3.05) is 5.88 Å². The molecule has 0 saturated carbocycles. The molecule has 0 aliphatic carbocycles. The van der Waals surface area contributed by atoms with E-state index in [0.29, 0.717) is 16.1 Å². The Morgan fingerprint density at radius 3 is 2.64 bits per heavy atom. The summed E-state index contributed by atoms with van der Waals surface area (Å²) in [6, 6.07) is 1.78. The Bertz CT molecular complexity index is 249. The number of aryl methyl sites for hydroxylation is 1. The number of alkyl halides is 1. The molecule has 0 aromatic carbocycles. The van der Waals surface area contributed by atoms with E-state index in [0.717, 1.165) is 12.0 Å². The molecule has 0 aliphatic heterocycles. The van der Waals surface area contributed by atoms with Gasteiger partial charge >= 0.3 is 0 Å². The van der Waals surface area contributed by atoms with E-state index < -0.39 is 0 Å².